The number of benzene rings is 2. The summed E-state index contributed by atoms with van der Waals surface area (Å²) in [5.74, 6) is 5.10. The fourth-order valence-corrected chi connectivity index (χ4v) is 2.83. The Bertz CT molecular complexity index is 1250. The van der Waals surface area contributed by atoms with Crippen LogP contribution >= 0.6 is 11.6 Å². The normalized spacial score (nSPS) is 12.7. The predicted molar refractivity (Wildman–Crippen MR) is 121 cm³/mol. The van der Waals surface area contributed by atoms with Crippen LogP contribution in [0.3, 0.4) is 0 Å². The Morgan fingerprint density at radius 3 is 2.44 bits per heavy atom. The van der Waals surface area contributed by atoms with Crippen molar-refractivity contribution >= 4 is 40.7 Å². The van der Waals surface area contributed by atoms with Gasteiger partial charge in [-0.25, -0.2) is 9.78 Å². The van der Waals surface area contributed by atoms with Crippen molar-refractivity contribution < 1.29 is 14.6 Å². The van der Waals surface area contributed by atoms with Gasteiger partial charge in [0.2, 0.25) is 5.95 Å². The lowest BCUT2D eigenvalue weighted by Gasteiger charge is -2.22. The van der Waals surface area contributed by atoms with Gasteiger partial charge in [0.05, 0.1) is 33.7 Å². The molecule has 162 valence electrons. The molecule has 0 saturated heterocycles. The van der Waals surface area contributed by atoms with Crippen LogP contribution in [-0.4, -0.2) is 28.2 Å². The lowest BCUT2D eigenvalue weighted by atomic mass is 9.95. The summed E-state index contributed by atoms with van der Waals surface area (Å²) >= 11 is 5.87. The molecule has 1 atom stereocenters. The smallest absolute Gasteiger partial charge is 0.337 e. The lowest BCUT2D eigenvalue weighted by molar-refractivity contribution is 0.0552. The number of nitrogens with zero attached hydrogens (tertiary/aromatic N) is 4. The summed E-state index contributed by atoms with van der Waals surface area (Å²) in [6.45, 7) is 1.81. The zero-order chi connectivity index (χ0) is 23.3. The number of hydrogen-bond acceptors (Lipinski definition) is 8. The van der Waals surface area contributed by atoms with E-state index in [1.807, 2.05) is 6.92 Å². The molecule has 10 heteroatoms. The van der Waals surface area contributed by atoms with E-state index in [0.717, 1.165) is 5.56 Å². The molecule has 5 N–H and O–H groups in total. The number of nitrogen functional groups attached to an aromatic ring is 2. The largest absolute Gasteiger partial charge is 0.478 e. The average Bonchev–Trinajstić information content (AvgIpc) is 2.78. The highest BCUT2D eigenvalue weighted by Gasteiger charge is 2.23. The number of anilines is 2. The van der Waals surface area contributed by atoms with E-state index in [1.165, 1.54) is 18.3 Å². The minimum Gasteiger partial charge on any atom is -0.478 e. The highest BCUT2D eigenvalue weighted by Crippen LogP contribution is 2.28. The van der Waals surface area contributed by atoms with Crippen LogP contribution in [0.5, 0.6) is 0 Å². The predicted octanol–water partition coefficient (Wildman–Crippen LogP) is 4.32. The Labute approximate surface area is 189 Å². The zero-order valence-electron chi connectivity index (χ0n) is 17.2. The van der Waals surface area contributed by atoms with Crippen LogP contribution in [0.25, 0.3) is 0 Å². The van der Waals surface area contributed by atoms with E-state index in [2.05, 4.69) is 32.0 Å². The highest BCUT2D eigenvalue weighted by atomic mass is 35.5. The molecule has 0 radical (unpaired) electrons. The van der Waals surface area contributed by atoms with Crippen LogP contribution in [0.4, 0.5) is 23.1 Å². The summed E-state index contributed by atoms with van der Waals surface area (Å²) in [4.78, 5) is 19.0. The van der Waals surface area contributed by atoms with Gasteiger partial charge in [0.15, 0.2) is 5.60 Å². The van der Waals surface area contributed by atoms with Gasteiger partial charge in [-0.15, -0.1) is 0 Å². The maximum atomic E-state index is 11.2. The van der Waals surface area contributed by atoms with Crippen molar-refractivity contribution in [2.24, 2.45) is 10.2 Å². The molecule has 3 rings (SSSR count). The molecular formula is C22H19ClN6O3. The molecule has 1 aromatic heterocycles. The van der Waals surface area contributed by atoms with Crippen LogP contribution in [0.1, 0.15) is 28.4 Å². The molecule has 0 spiro atoms. The van der Waals surface area contributed by atoms with Crippen molar-refractivity contribution in [3.05, 3.63) is 70.4 Å². The van der Waals surface area contributed by atoms with Crippen LogP contribution < -0.4 is 11.5 Å². The van der Waals surface area contributed by atoms with E-state index >= 15 is 0 Å². The summed E-state index contributed by atoms with van der Waals surface area (Å²) in [5, 5.41) is 17.5. The van der Waals surface area contributed by atoms with Crippen LogP contribution in [0.15, 0.2) is 58.9 Å². The summed E-state index contributed by atoms with van der Waals surface area (Å²) in [6, 6.07) is 11.5. The number of carboxylic acid groups (broad SMARTS) is 1. The van der Waals surface area contributed by atoms with Gasteiger partial charge in [-0.05, 0) is 42.8 Å². The number of rotatable bonds is 5. The van der Waals surface area contributed by atoms with Crippen molar-refractivity contribution in [2.45, 2.75) is 12.5 Å². The molecule has 0 aliphatic rings. The molecule has 32 heavy (non-hydrogen) atoms. The van der Waals surface area contributed by atoms with Crippen LogP contribution in [0.2, 0.25) is 5.02 Å². The maximum absolute atomic E-state index is 11.2. The van der Waals surface area contributed by atoms with Crippen molar-refractivity contribution in [1.82, 2.24) is 9.97 Å². The number of azo groups is 1. The number of carbonyl (C=O) groups is 1. The Hall–Kier alpha value is -4.00. The first-order valence-corrected chi connectivity index (χ1v) is 9.61. The van der Waals surface area contributed by atoms with Gasteiger partial charge in [-0.3, -0.25) is 0 Å². The van der Waals surface area contributed by atoms with Gasteiger partial charge in [0.25, 0.3) is 0 Å². The fraction of sp³-hybridized carbons (Fsp3) is 0.136. The number of ether oxygens (including phenoxy) is 1. The zero-order valence-corrected chi connectivity index (χ0v) is 18.0. The van der Waals surface area contributed by atoms with Crippen molar-refractivity contribution in [2.75, 3.05) is 18.6 Å². The Morgan fingerprint density at radius 2 is 1.81 bits per heavy atom. The first-order chi connectivity index (χ1) is 15.2. The third-order valence-electron chi connectivity index (χ3n) is 4.56. The number of aromatic carboxylic acids is 1. The van der Waals surface area contributed by atoms with Gasteiger partial charge in [0, 0.05) is 7.11 Å². The van der Waals surface area contributed by atoms with Crippen molar-refractivity contribution in [1.29, 1.82) is 0 Å². The third-order valence-corrected chi connectivity index (χ3v) is 4.89. The van der Waals surface area contributed by atoms with E-state index in [4.69, 9.17) is 32.9 Å². The standard InChI is InChI=1S/C22H19ClN6O3/c1-22(32-2,10-9-13-12-26-21(25)27-19(13)24)14-3-5-15(6-4-14)28-29-16-7-8-18(23)17(11-16)20(30)31/h3-8,11-12H,1-2H3,(H,30,31)(H4,24,25,26,27). The second-order valence-electron chi connectivity index (χ2n) is 6.73. The van der Waals surface area contributed by atoms with Crippen LogP contribution in [0, 0.1) is 11.8 Å². The molecule has 1 heterocycles. The van der Waals surface area contributed by atoms with Gasteiger partial charge >= 0.3 is 5.97 Å². The minimum absolute atomic E-state index is 0.0416. The summed E-state index contributed by atoms with van der Waals surface area (Å²) in [7, 11) is 1.55. The van der Waals surface area contributed by atoms with Gasteiger partial charge in [0.1, 0.15) is 5.82 Å². The molecular weight excluding hydrogens is 432 g/mol. The Balaban J connectivity index is 1.82. The van der Waals surface area contributed by atoms with Gasteiger partial charge in [-0.1, -0.05) is 35.6 Å². The quantitative estimate of drug-likeness (QED) is 0.387. The first kappa shape index (κ1) is 22.7. The number of nitrogens with two attached hydrogens (primary N) is 2. The third kappa shape index (κ3) is 5.18. The number of methoxy groups -OCH3 is 1. The molecule has 0 bridgehead atoms. The molecule has 2 aromatic carbocycles. The average molecular weight is 451 g/mol. The summed E-state index contributed by atoms with van der Waals surface area (Å²) in [6.07, 6.45) is 1.46. The van der Waals surface area contributed by atoms with E-state index in [1.54, 1.807) is 37.4 Å². The molecule has 0 aliphatic heterocycles. The fourth-order valence-electron chi connectivity index (χ4n) is 2.63. The van der Waals surface area contributed by atoms with Gasteiger partial charge < -0.3 is 21.3 Å². The Morgan fingerprint density at radius 1 is 1.16 bits per heavy atom. The second-order valence-corrected chi connectivity index (χ2v) is 7.14. The van der Waals surface area contributed by atoms with Crippen molar-refractivity contribution in [3.63, 3.8) is 0 Å². The highest BCUT2D eigenvalue weighted by molar-refractivity contribution is 6.33. The van der Waals surface area contributed by atoms with E-state index in [9.17, 15) is 4.79 Å². The lowest BCUT2D eigenvalue weighted by Crippen LogP contribution is -2.22. The molecule has 0 saturated carbocycles. The van der Waals surface area contributed by atoms with E-state index in [0.29, 0.717) is 16.9 Å². The van der Waals surface area contributed by atoms with Gasteiger partial charge in [-0.2, -0.15) is 15.2 Å². The second kappa shape index (κ2) is 9.43. The summed E-state index contributed by atoms with van der Waals surface area (Å²) in [5.41, 5.74) is 12.5. The van der Waals surface area contributed by atoms with Crippen molar-refractivity contribution in [3.8, 4) is 11.8 Å². The SMILES string of the molecule is COC(C)(C#Cc1cnc(N)nc1N)c1ccc(N=Nc2ccc(Cl)c(C(=O)O)c2)cc1. The van der Waals surface area contributed by atoms with E-state index < -0.39 is 11.6 Å². The molecule has 0 aliphatic carbocycles. The molecule has 0 amide bonds. The summed E-state index contributed by atoms with van der Waals surface area (Å²) < 4.78 is 5.62. The van der Waals surface area contributed by atoms with E-state index in [-0.39, 0.29) is 22.4 Å². The number of aromatic nitrogens is 2. The van der Waals surface area contributed by atoms with Crippen LogP contribution in [-0.2, 0) is 10.3 Å². The molecule has 9 nitrogen and oxygen atoms in total. The topological polar surface area (TPSA) is 149 Å². The maximum Gasteiger partial charge on any atom is 0.337 e. The molecule has 0 fully saturated rings. The Kier molecular flexibility index (Phi) is 6.68. The number of halogens is 1. The molecule has 1 unspecified atom stereocenters. The molecule has 3 aromatic rings. The monoisotopic (exact) mass is 450 g/mol. The minimum atomic E-state index is -1.14. The first-order valence-electron chi connectivity index (χ1n) is 9.23. The number of carboxylic acids is 1. The number of hydrogen-bond donors (Lipinski definition) is 3.